The number of carbonyl (C=O) groups excluding carboxylic acids is 1. The van der Waals surface area contributed by atoms with Crippen molar-refractivity contribution < 1.29 is 9.53 Å². The maximum atomic E-state index is 12.5. The molecular weight excluding hydrogens is 338 g/mol. The van der Waals surface area contributed by atoms with Crippen molar-refractivity contribution in [2.24, 2.45) is 0 Å². The summed E-state index contributed by atoms with van der Waals surface area (Å²) in [6, 6.07) is 11.0. The Hall–Kier alpha value is -2.40. The molecule has 0 bridgehead atoms. The summed E-state index contributed by atoms with van der Waals surface area (Å²) in [5.41, 5.74) is 9.06. The Morgan fingerprint density at radius 3 is 2.88 bits per heavy atom. The van der Waals surface area contributed by atoms with E-state index in [2.05, 4.69) is 12.2 Å². The summed E-state index contributed by atoms with van der Waals surface area (Å²) in [6.45, 7) is 4.89. The minimum atomic E-state index is -0.0977. The van der Waals surface area contributed by atoms with Gasteiger partial charge in [-0.2, -0.15) is 0 Å². The van der Waals surface area contributed by atoms with Crippen LogP contribution in [0.5, 0.6) is 5.75 Å². The van der Waals surface area contributed by atoms with E-state index in [4.69, 9.17) is 22.1 Å². The lowest BCUT2D eigenvalue weighted by Crippen LogP contribution is -2.43. The number of halogens is 1. The molecule has 1 heterocycles. The predicted molar refractivity (Wildman–Crippen MR) is 103 cm³/mol. The Morgan fingerprint density at radius 1 is 1.36 bits per heavy atom. The zero-order chi connectivity index (χ0) is 18.0. The topological polar surface area (TPSA) is 67.6 Å². The average Bonchev–Trinajstić information content (AvgIpc) is 2.57. The van der Waals surface area contributed by atoms with Crippen LogP contribution in [0.15, 0.2) is 36.4 Å². The molecule has 132 valence electrons. The molecule has 0 saturated carbocycles. The van der Waals surface area contributed by atoms with E-state index in [0.29, 0.717) is 22.9 Å². The number of nitrogens with zero attached hydrogens (tertiary/aromatic N) is 1. The second-order valence-corrected chi connectivity index (χ2v) is 6.68. The highest BCUT2D eigenvalue weighted by molar-refractivity contribution is 6.31. The van der Waals surface area contributed by atoms with Crippen molar-refractivity contribution in [3.8, 4) is 5.75 Å². The fourth-order valence-corrected chi connectivity index (χ4v) is 3.03. The van der Waals surface area contributed by atoms with E-state index >= 15 is 0 Å². The summed E-state index contributed by atoms with van der Waals surface area (Å²) in [7, 11) is 0. The molecule has 6 heteroatoms. The first-order valence-electron chi connectivity index (χ1n) is 8.33. The number of carbonyl (C=O) groups is 1. The molecule has 3 N–H and O–H groups in total. The van der Waals surface area contributed by atoms with Crippen molar-refractivity contribution >= 4 is 34.6 Å². The van der Waals surface area contributed by atoms with Gasteiger partial charge in [-0.3, -0.25) is 4.79 Å². The van der Waals surface area contributed by atoms with Crippen molar-refractivity contribution in [3.63, 3.8) is 0 Å². The van der Waals surface area contributed by atoms with E-state index in [0.717, 1.165) is 23.4 Å². The first-order chi connectivity index (χ1) is 12.0. The third kappa shape index (κ3) is 3.99. The molecule has 0 fully saturated rings. The van der Waals surface area contributed by atoms with E-state index in [9.17, 15) is 4.79 Å². The van der Waals surface area contributed by atoms with Crippen molar-refractivity contribution in [1.82, 2.24) is 0 Å². The number of hydrogen-bond donors (Lipinski definition) is 2. The van der Waals surface area contributed by atoms with Crippen molar-refractivity contribution in [2.45, 2.75) is 26.4 Å². The zero-order valence-corrected chi connectivity index (χ0v) is 15.1. The Labute approximate surface area is 152 Å². The molecular formula is C19H22ClN3O2. The van der Waals surface area contributed by atoms with Gasteiger partial charge in [0.15, 0.2) is 0 Å². The molecule has 0 aromatic heterocycles. The quantitative estimate of drug-likeness (QED) is 0.814. The van der Waals surface area contributed by atoms with Gasteiger partial charge < -0.3 is 20.7 Å². The van der Waals surface area contributed by atoms with Gasteiger partial charge in [0.25, 0.3) is 0 Å². The van der Waals surface area contributed by atoms with Crippen LogP contribution in [-0.2, 0) is 4.79 Å². The molecule has 1 aliphatic rings. The van der Waals surface area contributed by atoms with Gasteiger partial charge in [-0.05, 0) is 43.2 Å². The first-order valence-corrected chi connectivity index (χ1v) is 8.71. The number of hydrogen-bond acceptors (Lipinski definition) is 4. The lowest BCUT2D eigenvalue weighted by Gasteiger charge is -2.35. The second kappa shape index (κ2) is 7.23. The Morgan fingerprint density at radius 2 is 2.16 bits per heavy atom. The molecule has 2 aromatic rings. The van der Waals surface area contributed by atoms with E-state index in [-0.39, 0.29) is 18.6 Å². The Balaban J connectivity index is 1.75. The molecule has 0 saturated heterocycles. The second-order valence-electron chi connectivity index (χ2n) is 6.27. The van der Waals surface area contributed by atoms with Crippen LogP contribution in [0.3, 0.4) is 0 Å². The van der Waals surface area contributed by atoms with Gasteiger partial charge in [0.2, 0.25) is 5.91 Å². The predicted octanol–water partition coefficient (Wildman–Crippen LogP) is 3.85. The highest BCUT2D eigenvalue weighted by Crippen LogP contribution is 2.35. The first kappa shape index (κ1) is 17.4. The van der Waals surface area contributed by atoms with Crippen LogP contribution in [0, 0.1) is 6.92 Å². The van der Waals surface area contributed by atoms with E-state index in [1.54, 1.807) is 6.07 Å². The van der Waals surface area contributed by atoms with Crippen LogP contribution in [0.4, 0.5) is 17.1 Å². The summed E-state index contributed by atoms with van der Waals surface area (Å²) >= 11 is 6.12. The number of anilines is 3. The van der Waals surface area contributed by atoms with Gasteiger partial charge >= 0.3 is 0 Å². The normalized spacial score (nSPS) is 16.1. The van der Waals surface area contributed by atoms with E-state index in [1.807, 2.05) is 42.2 Å². The number of nitrogen functional groups attached to an aromatic ring is 1. The number of nitrogens with one attached hydrogen (secondary N) is 1. The van der Waals surface area contributed by atoms with E-state index < -0.39 is 0 Å². The van der Waals surface area contributed by atoms with Crippen molar-refractivity contribution in [2.75, 3.05) is 29.0 Å². The Bertz CT molecular complexity index is 794. The SMILES string of the molecule is CCC1CN(CC(=O)Nc2ccc(C)c(Cl)c2)c2ccc(N)cc2O1. The maximum Gasteiger partial charge on any atom is 0.243 e. The number of rotatable bonds is 4. The molecule has 1 amide bonds. The number of amides is 1. The van der Waals surface area contributed by atoms with Gasteiger partial charge in [-0.15, -0.1) is 0 Å². The standard InChI is InChI=1S/C19H22ClN3O2/c1-3-15-10-23(17-7-5-13(21)8-18(17)25-15)11-19(24)22-14-6-4-12(2)16(20)9-14/h4-9,15H,3,10-11,21H2,1-2H3,(H,22,24). The smallest absolute Gasteiger partial charge is 0.243 e. The molecule has 0 spiro atoms. The lowest BCUT2D eigenvalue weighted by atomic mass is 10.1. The molecule has 0 aliphatic carbocycles. The number of ether oxygens (including phenoxy) is 1. The van der Waals surface area contributed by atoms with Gasteiger partial charge in [-0.25, -0.2) is 0 Å². The van der Waals surface area contributed by atoms with Crippen molar-refractivity contribution in [3.05, 3.63) is 47.0 Å². The largest absolute Gasteiger partial charge is 0.486 e. The van der Waals surface area contributed by atoms with Gasteiger partial charge in [-0.1, -0.05) is 24.6 Å². The molecule has 5 nitrogen and oxygen atoms in total. The van der Waals surface area contributed by atoms with Crippen LogP contribution >= 0.6 is 11.6 Å². The number of fused-ring (bicyclic) bond motifs is 1. The molecule has 2 aromatic carbocycles. The third-order valence-electron chi connectivity index (χ3n) is 4.29. The summed E-state index contributed by atoms with van der Waals surface area (Å²) in [4.78, 5) is 14.5. The summed E-state index contributed by atoms with van der Waals surface area (Å²) in [5.74, 6) is 0.628. The fourth-order valence-electron chi connectivity index (χ4n) is 2.85. The van der Waals surface area contributed by atoms with Crippen LogP contribution in [0.1, 0.15) is 18.9 Å². The van der Waals surface area contributed by atoms with Gasteiger partial charge in [0.1, 0.15) is 11.9 Å². The van der Waals surface area contributed by atoms with Gasteiger partial charge in [0.05, 0.1) is 18.8 Å². The zero-order valence-electron chi connectivity index (χ0n) is 14.4. The minimum absolute atomic E-state index is 0.0379. The number of aryl methyl sites for hydroxylation is 1. The molecule has 25 heavy (non-hydrogen) atoms. The maximum absolute atomic E-state index is 12.5. The third-order valence-corrected chi connectivity index (χ3v) is 4.69. The summed E-state index contributed by atoms with van der Waals surface area (Å²) < 4.78 is 5.95. The molecule has 1 aliphatic heterocycles. The fraction of sp³-hybridized carbons (Fsp3) is 0.316. The monoisotopic (exact) mass is 359 g/mol. The average molecular weight is 360 g/mol. The van der Waals surface area contributed by atoms with Crippen LogP contribution in [-0.4, -0.2) is 25.1 Å². The van der Waals surface area contributed by atoms with E-state index in [1.165, 1.54) is 0 Å². The lowest BCUT2D eigenvalue weighted by molar-refractivity contribution is -0.115. The number of nitrogens with two attached hydrogens (primary N) is 1. The van der Waals surface area contributed by atoms with Crippen molar-refractivity contribution in [1.29, 1.82) is 0 Å². The minimum Gasteiger partial charge on any atom is -0.486 e. The van der Waals surface area contributed by atoms with Crippen LogP contribution in [0.2, 0.25) is 5.02 Å². The molecule has 0 radical (unpaired) electrons. The molecule has 1 unspecified atom stereocenters. The highest BCUT2D eigenvalue weighted by Gasteiger charge is 2.26. The number of benzene rings is 2. The Kier molecular flexibility index (Phi) is 5.04. The van der Waals surface area contributed by atoms with Crippen LogP contribution < -0.4 is 20.7 Å². The molecule has 1 atom stereocenters. The highest BCUT2D eigenvalue weighted by atomic mass is 35.5. The summed E-state index contributed by atoms with van der Waals surface area (Å²) in [6.07, 6.45) is 0.899. The molecule has 3 rings (SSSR count). The van der Waals surface area contributed by atoms with Crippen LogP contribution in [0.25, 0.3) is 0 Å². The summed E-state index contributed by atoms with van der Waals surface area (Å²) in [5, 5.41) is 3.54. The van der Waals surface area contributed by atoms with Gasteiger partial charge in [0, 0.05) is 22.5 Å².